The van der Waals surface area contributed by atoms with Crippen molar-refractivity contribution in [3.8, 4) is 5.75 Å². The number of hydrogen-bond acceptors (Lipinski definition) is 3. The van der Waals surface area contributed by atoms with E-state index >= 15 is 0 Å². The monoisotopic (exact) mass is 496 g/mol. The Hall–Kier alpha value is -2.53. The van der Waals surface area contributed by atoms with Crippen molar-refractivity contribution in [3.63, 3.8) is 0 Å². The molecule has 0 aromatic heterocycles. The van der Waals surface area contributed by atoms with Crippen molar-refractivity contribution >= 4 is 23.4 Å². The van der Waals surface area contributed by atoms with Crippen LogP contribution >= 0.6 is 11.6 Å². The van der Waals surface area contributed by atoms with Crippen LogP contribution in [0.5, 0.6) is 5.75 Å². The lowest BCUT2D eigenvalue weighted by molar-refractivity contribution is -0.139. The molecule has 2 aromatic carbocycles. The molecule has 0 aliphatic carbocycles. The Balaban J connectivity index is 1.44. The number of hydrogen-bond donors (Lipinski definition) is 0. The Kier molecular flexibility index (Phi) is 8.72. The van der Waals surface area contributed by atoms with Gasteiger partial charge < -0.3 is 14.5 Å². The molecule has 2 aliphatic heterocycles. The summed E-state index contributed by atoms with van der Waals surface area (Å²) in [5, 5.41) is 0.669. The lowest BCUT2D eigenvalue weighted by Crippen LogP contribution is -2.49. The topological polar surface area (TPSA) is 49.9 Å². The summed E-state index contributed by atoms with van der Waals surface area (Å²) < 4.78 is 6.19. The number of amides is 2. The normalized spacial score (nSPS) is 18.7. The number of halogens is 1. The minimum Gasteiger partial charge on any atom is -0.493 e. The highest BCUT2D eigenvalue weighted by atomic mass is 35.5. The number of rotatable bonds is 8. The Morgan fingerprint density at radius 2 is 1.57 bits per heavy atom. The second kappa shape index (κ2) is 11.9. The van der Waals surface area contributed by atoms with Gasteiger partial charge in [-0.15, -0.1) is 0 Å². The molecular formula is C29H37ClN2O3. The van der Waals surface area contributed by atoms with Gasteiger partial charge in [-0.3, -0.25) is 9.59 Å². The SMILES string of the molecule is CCC(C(=O)N1CCC(COc2ccc(Cl)cc2)(CC(=O)N2CCCCC2)CC1)c1ccccc1. The third kappa shape index (κ3) is 6.58. The maximum absolute atomic E-state index is 13.4. The van der Waals surface area contributed by atoms with Crippen molar-refractivity contribution in [1.29, 1.82) is 0 Å². The number of benzene rings is 2. The van der Waals surface area contributed by atoms with Gasteiger partial charge in [0.05, 0.1) is 12.5 Å². The number of likely N-dealkylation sites (tertiary alicyclic amines) is 2. The molecule has 35 heavy (non-hydrogen) atoms. The summed E-state index contributed by atoms with van der Waals surface area (Å²) in [6, 6.07) is 17.4. The van der Waals surface area contributed by atoms with Crippen LogP contribution in [-0.2, 0) is 9.59 Å². The second-order valence-corrected chi connectivity index (χ2v) is 10.5. The first-order valence-corrected chi connectivity index (χ1v) is 13.4. The molecule has 2 aromatic rings. The van der Waals surface area contributed by atoms with E-state index in [2.05, 4.69) is 6.92 Å². The summed E-state index contributed by atoms with van der Waals surface area (Å²) in [5.41, 5.74) is 0.794. The molecule has 5 nitrogen and oxygen atoms in total. The molecule has 0 spiro atoms. The van der Waals surface area contributed by atoms with E-state index in [4.69, 9.17) is 16.3 Å². The number of piperidine rings is 2. The summed E-state index contributed by atoms with van der Waals surface area (Å²) in [5.74, 6) is 1.05. The maximum atomic E-state index is 13.4. The Bertz CT molecular complexity index is 965. The summed E-state index contributed by atoms with van der Waals surface area (Å²) in [6.07, 6.45) is 6.14. The molecule has 1 atom stereocenters. The minimum atomic E-state index is -0.278. The van der Waals surface area contributed by atoms with Gasteiger partial charge in [-0.2, -0.15) is 0 Å². The molecule has 0 radical (unpaired) electrons. The molecule has 2 heterocycles. The number of carbonyl (C=O) groups excluding carboxylic acids is 2. The lowest BCUT2D eigenvalue weighted by atomic mass is 9.75. The van der Waals surface area contributed by atoms with Gasteiger partial charge in [-0.05, 0) is 68.4 Å². The summed E-state index contributed by atoms with van der Waals surface area (Å²) >= 11 is 6.03. The van der Waals surface area contributed by atoms with Crippen molar-refractivity contribution < 1.29 is 14.3 Å². The highest BCUT2D eigenvalue weighted by molar-refractivity contribution is 6.30. The smallest absolute Gasteiger partial charge is 0.230 e. The third-order valence-electron chi connectivity index (χ3n) is 7.64. The molecule has 4 rings (SSSR count). The lowest BCUT2D eigenvalue weighted by Gasteiger charge is -2.43. The van der Waals surface area contributed by atoms with Gasteiger partial charge >= 0.3 is 0 Å². The predicted octanol–water partition coefficient (Wildman–Crippen LogP) is 5.92. The van der Waals surface area contributed by atoms with Crippen LogP contribution in [0.25, 0.3) is 0 Å². The van der Waals surface area contributed by atoms with Crippen molar-refractivity contribution in [3.05, 3.63) is 65.2 Å². The first kappa shape index (κ1) is 25.6. The molecule has 6 heteroatoms. The van der Waals surface area contributed by atoms with E-state index in [0.717, 1.165) is 56.5 Å². The van der Waals surface area contributed by atoms with E-state index in [1.165, 1.54) is 6.42 Å². The Morgan fingerprint density at radius 3 is 2.20 bits per heavy atom. The fraction of sp³-hybridized carbons (Fsp3) is 0.517. The molecule has 1 unspecified atom stereocenters. The maximum Gasteiger partial charge on any atom is 0.230 e. The number of nitrogens with zero attached hydrogens (tertiary/aromatic N) is 2. The average Bonchev–Trinajstić information content (AvgIpc) is 2.90. The minimum absolute atomic E-state index is 0.121. The van der Waals surface area contributed by atoms with Crippen LogP contribution in [0.3, 0.4) is 0 Å². The van der Waals surface area contributed by atoms with Gasteiger partial charge in [0.15, 0.2) is 0 Å². The quantitative estimate of drug-likeness (QED) is 0.455. The van der Waals surface area contributed by atoms with Gasteiger partial charge in [-0.25, -0.2) is 0 Å². The number of carbonyl (C=O) groups is 2. The Morgan fingerprint density at radius 1 is 0.914 bits per heavy atom. The number of ether oxygens (including phenoxy) is 1. The van der Waals surface area contributed by atoms with Crippen LogP contribution in [0, 0.1) is 5.41 Å². The van der Waals surface area contributed by atoms with E-state index in [0.29, 0.717) is 31.1 Å². The van der Waals surface area contributed by atoms with E-state index in [1.807, 2.05) is 64.4 Å². The molecule has 0 bridgehead atoms. The zero-order valence-corrected chi connectivity index (χ0v) is 21.5. The van der Waals surface area contributed by atoms with Gasteiger partial charge in [0.2, 0.25) is 11.8 Å². The molecule has 2 fully saturated rings. The van der Waals surface area contributed by atoms with E-state index in [1.54, 1.807) is 0 Å². The van der Waals surface area contributed by atoms with Gasteiger partial charge in [0, 0.05) is 43.0 Å². The van der Waals surface area contributed by atoms with Gasteiger partial charge in [0.1, 0.15) is 5.75 Å². The van der Waals surface area contributed by atoms with Crippen LogP contribution < -0.4 is 4.74 Å². The predicted molar refractivity (Wildman–Crippen MR) is 140 cm³/mol. The summed E-state index contributed by atoms with van der Waals surface area (Å²) in [6.45, 7) is 5.55. The van der Waals surface area contributed by atoms with E-state index in [9.17, 15) is 9.59 Å². The Labute approximate surface area is 214 Å². The summed E-state index contributed by atoms with van der Waals surface area (Å²) in [7, 11) is 0. The molecular weight excluding hydrogens is 460 g/mol. The van der Waals surface area contributed by atoms with Crippen molar-refractivity contribution in [1.82, 2.24) is 9.80 Å². The zero-order chi connectivity index (χ0) is 24.7. The van der Waals surface area contributed by atoms with Crippen LogP contribution in [0.2, 0.25) is 5.02 Å². The van der Waals surface area contributed by atoms with Crippen LogP contribution in [0.15, 0.2) is 54.6 Å². The molecule has 0 saturated carbocycles. The zero-order valence-electron chi connectivity index (χ0n) is 20.8. The van der Waals surface area contributed by atoms with Crippen molar-refractivity contribution in [2.45, 2.75) is 57.8 Å². The summed E-state index contributed by atoms with van der Waals surface area (Å²) in [4.78, 5) is 30.7. The van der Waals surface area contributed by atoms with Crippen molar-refractivity contribution in [2.24, 2.45) is 5.41 Å². The largest absolute Gasteiger partial charge is 0.493 e. The first-order valence-electron chi connectivity index (χ1n) is 13.0. The fourth-order valence-corrected chi connectivity index (χ4v) is 5.50. The standard InChI is InChI=1S/C29H37ClN2O3/c1-2-26(23-9-5-3-6-10-23)28(34)32-19-15-29(16-20-32,21-27(33)31-17-7-4-8-18-31)22-35-25-13-11-24(30)12-14-25/h3,5-6,9-14,26H,2,4,7-8,15-22H2,1H3. The average molecular weight is 497 g/mol. The highest BCUT2D eigenvalue weighted by Gasteiger charge is 2.40. The molecule has 2 saturated heterocycles. The first-order chi connectivity index (χ1) is 17.0. The molecule has 188 valence electrons. The molecule has 0 N–H and O–H groups in total. The van der Waals surface area contributed by atoms with Gasteiger partial charge in [-0.1, -0.05) is 48.9 Å². The van der Waals surface area contributed by atoms with Crippen molar-refractivity contribution in [2.75, 3.05) is 32.8 Å². The molecule has 2 amide bonds. The van der Waals surface area contributed by atoms with Crippen LogP contribution in [-0.4, -0.2) is 54.4 Å². The third-order valence-corrected chi connectivity index (χ3v) is 7.89. The highest BCUT2D eigenvalue weighted by Crippen LogP contribution is 2.38. The second-order valence-electron chi connectivity index (χ2n) is 10.1. The van der Waals surface area contributed by atoms with Crippen LogP contribution in [0.1, 0.15) is 63.4 Å². The van der Waals surface area contributed by atoms with Crippen LogP contribution in [0.4, 0.5) is 0 Å². The van der Waals surface area contributed by atoms with Gasteiger partial charge in [0.25, 0.3) is 0 Å². The fourth-order valence-electron chi connectivity index (χ4n) is 5.38. The van der Waals surface area contributed by atoms with E-state index < -0.39 is 0 Å². The van der Waals surface area contributed by atoms with E-state index in [-0.39, 0.29) is 23.1 Å². The molecule has 2 aliphatic rings.